The van der Waals surface area contributed by atoms with Crippen LogP contribution in [0.3, 0.4) is 0 Å². The summed E-state index contributed by atoms with van der Waals surface area (Å²) < 4.78 is 24.3. The van der Waals surface area contributed by atoms with Gasteiger partial charge in [-0.05, 0) is 24.3 Å². The number of nitrogens with zero attached hydrogens (tertiary/aromatic N) is 2. The van der Waals surface area contributed by atoms with E-state index in [4.69, 9.17) is 34.8 Å². The molecule has 1 aromatic carbocycles. The highest BCUT2D eigenvalue weighted by Crippen LogP contribution is 2.26. The van der Waals surface area contributed by atoms with Crippen LogP contribution in [-0.2, 0) is 10.0 Å². The topological polar surface area (TPSA) is 131 Å². The number of aromatic nitrogens is 1. The number of nitro groups is 1. The van der Waals surface area contributed by atoms with Crippen LogP contribution in [0.15, 0.2) is 35.2 Å². The molecule has 1 heterocycles. The van der Waals surface area contributed by atoms with Crippen LogP contribution in [0, 0.1) is 10.1 Å². The average molecular weight is 426 g/mol. The third-order valence-corrected chi connectivity index (χ3v) is 4.70. The highest BCUT2D eigenvalue weighted by Gasteiger charge is 2.21. The van der Waals surface area contributed by atoms with Gasteiger partial charge in [-0.1, -0.05) is 34.8 Å². The van der Waals surface area contributed by atoms with Crippen LogP contribution in [0.25, 0.3) is 0 Å². The Bertz CT molecular complexity index is 947. The van der Waals surface area contributed by atoms with Crippen molar-refractivity contribution in [2.75, 3.05) is 0 Å². The molecule has 0 aliphatic rings. The van der Waals surface area contributed by atoms with E-state index in [1.54, 1.807) is 4.83 Å². The van der Waals surface area contributed by atoms with Gasteiger partial charge in [0.25, 0.3) is 21.6 Å². The molecule has 13 heteroatoms. The van der Waals surface area contributed by atoms with Crippen molar-refractivity contribution in [2.24, 2.45) is 0 Å². The minimum Gasteiger partial charge on any atom is -0.273 e. The summed E-state index contributed by atoms with van der Waals surface area (Å²) in [6.45, 7) is 0. The first-order valence-electron chi connectivity index (χ1n) is 6.19. The van der Waals surface area contributed by atoms with E-state index in [-0.39, 0.29) is 20.9 Å². The Morgan fingerprint density at radius 2 is 1.72 bits per heavy atom. The Labute approximate surface area is 156 Å². The zero-order chi connectivity index (χ0) is 18.8. The van der Waals surface area contributed by atoms with Crippen molar-refractivity contribution in [1.29, 1.82) is 0 Å². The summed E-state index contributed by atoms with van der Waals surface area (Å²) in [4.78, 5) is 26.9. The number of sulfonamides is 1. The summed E-state index contributed by atoms with van der Waals surface area (Å²) in [5, 5.41) is 10.5. The fourth-order valence-corrected chi connectivity index (χ4v) is 3.15. The molecule has 0 unspecified atom stereocenters. The number of nitrogens with one attached hydrogen (secondary N) is 2. The van der Waals surface area contributed by atoms with Crippen molar-refractivity contribution in [3.63, 3.8) is 0 Å². The standard InChI is InChI=1S/C12H7Cl3N4O5S/c13-8-2-1-7(5-9(8)19(21)22)25(23,24)18-17-12(20)6-3-10(14)16-11(15)4-6/h1-5,18H,(H,17,20). The number of hydrogen-bond donors (Lipinski definition) is 2. The molecule has 1 amide bonds. The first kappa shape index (κ1) is 19.3. The fraction of sp³-hybridized carbons (Fsp3) is 0. The van der Waals surface area contributed by atoms with E-state index in [1.165, 1.54) is 12.1 Å². The van der Waals surface area contributed by atoms with Crippen molar-refractivity contribution in [3.05, 3.63) is 61.3 Å². The molecule has 1 aromatic heterocycles. The first-order valence-corrected chi connectivity index (χ1v) is 8.81. The minimum absolute atomic E-state index is 0.0465. The Morgan fingerprint density at radius 3 is 2.28 bits per heavy atom. The number of amides is 1. The molecule has 0 spiro atoms. The van der Waals surface area contributed by atoms with Gasteiger partial charge in [0.2, 0.25) is 0 Å². The van der Waals surface area contributed by atoms with Gasteiger partial charge < -0.3 is 0 Å². The molecule has 0 radical (unpaired) electrons. The lowest BCUT2D eigenvalue weighted by molar-refractivity contribution is -0.384. The van der Waals surface area contributed by atoms with E-state index < -0.39 is 31.4 Å². The van der Waals surface area contributed by atoms with Gasteiger partial charge in [-0.15, -0.1) is 4.83 Å². The van der Waals surface area contributed by atoms with Gasteiger partial charge in [0.05, 0.1) is 9.82 Å². The second kappa shape index (κ2) is 7.50. The maximum atomic E-state index is 12.1. The SMILES string of the molecule is O=C(NNS(=O)(=O)c1ccc(Cl)c([N+](=O)[O-])c1)c1cc(Cl)nc(Cl)c1. The molecule has 0 aliphatic carbocycles. The lowest BCUT2D eigenvalue weighted by Crippen LogP contribution is -2.41. The van der Waals surface area contributed by atoms with E-state index in [9.17, 15) is 23.3 Å². The van der Waals surface area contributed by atoms with Crippen LogP contribution in [-0.4, -0.2) is 24.2 Å². The van der Waals surface area contributed by atoms with E-state index in [0.29, 0.717) is 0 Å². The number of carbonyl (C=O) groups is 1. The normalized spacial score (nSPS) is 11.2. The van der Waals surface area contributed by atoms with Crippen LogP contribution < -0.4 is 10.3 Å². The summed E-state index contributed by atoms with van der Waals surface area (Å²) in [5.41, 5.74) is 1.29. The second-order valence-electron chi connectivity index (χ2n) is 4.43. The fourth-order valence-electron chi connectivity index (χ4n) is 1.64. The maximum Gasteiger partial charge on any atom is 0.289 e. The lowest BCUT2D eigenvalue weighted by Gasteiger charge is -2.09. The van der Waals surface area contributed by atoms with Crippen LogP contribution >= 0.6 is 34.8 Å². The molecule has 2 rings (SSSR count). The zero-order valence-corrected chi connectivity index (χ0v) is 14.9. The molecule has 0 aliphatic heterocycles. The summed E-state index contributed by atoms with van der Waals surface area (Å²) >= 11 is 16.9. The molecule has 132 valence electrons. The van der Waals surface area contributed by atoms with Crippen molar-refractivity contribution in [1.82, 2.24) is 15.2 Å². The van der Waals surface area contributed by atoms with Gasteiger partial charge >= 0.3 is 0 Å². The predicted molar refractivity (Wildman–Crippen MR) is 90.2 cm³/mol. The van der Waals surface area contributed by atoms with Crippen LogP contribution in [0.4, 0.5) is 5.69 Å². The van der Waals surface area contributed by atoms with Crippen molar-refractivity contribution in [2.45, 2.75) is 4.90 Å². The molecule has 0 saturated carbocycles. The molecule has 0 atom stereocenters. The molecule has 2 N–H and O–H groups in total. The first-order chi connectivity index (χ1) is 11.6. The monoisotopic (exact) mass is 424 g/mol. The van der Waals surface area contributed by atoms with Crippen molar-refractivity contribution in [3.8, 4) is 0 Å². The van der Waals surface area contributed by atoms with E-state index >= 15 is 0 Å². The smallest absolute Gasteiger partial charge is 0.273 e. The van der Waals surface area contributed by atoms with Gasteiger partial charge in [-0.25, -0.2) is 13.4 Å². The molecule has 9 nitrogen and oxygen atoms in total. The van der Waals surface area contributed by atoms with Crippen LogP contribution in [0.2, 0.25) is 15.3 Å². The molecule has 2 aromatic rings. The number of halogens is 3. The number of benzene rings is 1. The highest BCUT2D eigenvalue weighted by atomic mass is 35.5. The summed E-state index contributed by atoms with van der Waals surface area (Å²) in [6.07, 6.45) is 0. The van der Waals surface area contributed by atoms with Gasteiger partial charge in [-0.3, -0.25) is 20.3 Å². The molecular formula is C12H7Cl3N4O5S. The average Bonchev–Trinajstić information content (AvgIpc) is 2.51. The van der Waals surface area contributed by atoms with Crippen LogP contribution in [0.1, 0.15) is 10.4 Å². The van der Waals surface area contributed by atoms with Crippen LogP contribution in [0.5, 0.6) is 0 Å². The number of hydrazine groups is 1. The van der Waals surface area contributed by atoms with Gasteiger partial charge in [0.15, 0.2) is 0 Å². The van der Waals surface area contributed by atoms with Crippen molar-refractivity contribution < 1.29 is 18.1 Å². The van der Waals surface area contributed by atoms with Gasteiger partial charge in [0, 0.05) is 11.6 Å². The Hall–Kier alpha value is -1.98. The van der Waals surface area contributed by atoms with E-state index in [1.807, 2.05) is 5.43 Å². The van der Waals surface area contributed by atoms with Gasteiger partial charge in [-0.2, -0.15) is 0 Å². The third kappa shape index (κ3) is 4.77. The number of pyridine rings is 1. The third-order valence-electron chi connectivity index (χ3n) is 2.75. The molecule has 0 bridgehead atoms. The number of carbonyl (C=O) groups excluding carboxylic acids is 1. The largest absolute Gasteiger partial charge is 0.289 e. The molecule has 0 saturated heterocycles. The predicted octanol–water partition coefficient (Wildman–Crippen LogP) is 2.57. The quantitative estimate of drug-likeness (QED) is 0.430. The highest BCUT2D eigenvalue weighted by molar-refractivity contribution is 7.89. The Balaban J connectivity index is 2.20. The van der Waals surface area contributed by atoms with E-state index in [0.717, 1.165) is 18.2 Å². The molecule has 0 fully saturated rings. The van der Waals surface area contributed by atoms with E-state index in [2.05, 4.69) is 4.98 Å². The lowest BCUT2D eigenvalue weighted by atomic mass is 10.2. The summed E-state index contributed by atoms with van der Waals surface area (Å²) in [5.74, 6) is -0.863. The minimum atomic E-state index is -4.28. The molecular weight excluding hydrogens is 419 g/mol. The van der Waals surface area contributed by atoms with Crippen molar-refractivity contribution >= 4 is 56.4 Å². The number of rotatable bonds is 5. The second-order valence-corrected chi connectivity index (χ2v) is 7.30. The Morgan fingerprint density at radius 1 is 1.12 bits per heavy atom. The maximum absolute atomic E-state index is 12.1. The number of nitro benzene ring substituents is 1. The number of hydrogen-bond acceptors (Lipinski definition) is 6. The van der Waals surface area contributed by atoms with Gasteiger partial charge in [0.1, 0.15) is 15.3 Å². The summed E-state index contributed by atoms with van der Waals surface area (Å²) in [6, 6.07) is 5.20. The molecule has 25 heavy (non-hydrogen) atoms. The zero-order valence-electron chi connectivity index (χ0n) is 11.9. The summed E-state index contributed by atoms with van der Waals surface area (Å²) in [7, 11) is -4.28. The Kier molecular flexibility index (Phi) is 5.80.